The Balaban J connectivity index is 4.93. The molecule has 0 aliphatic heterocycles. The van der Waals surface area contributed by atoms with Crippen molar-refractivity contribution in [3.63, 3.8) is 0 Å². The number of nitrogens with two attached hydrogens (primary N) is 1. The molecular formula is C10H21F2N3O2. The summed E-state index contributed by atoms with van der Waals surface area (Å²) in [5.74, 6) is 3.27. The average molecular weight is 253 g/mol. The van der Waals surface area contributed by atoms with Gasteiger partial charge in [-0.05, 0) is 12.8 Å². The van der Waals surface area contributed by atoms with Crippen LogP contribution in [0.15, 0.2) is 0 Å². The van der Waals surface area contributed by atoms with Gasteiger partial charge in [0.25, 0.3) is 0 Å². The predicted molar refractivity (Wildman–Crippen MR) is 60.2 cm³/mol. The number of halogens is 2. The summed E-state index contributed by atoms with van der Waals surface area (Å²) < 4.78 is 32.4. The molecule has 0 saturated carbocycles. The molecule has 0 aliphatic rings. The van der Waals surface area contributed by atoms with Crippen molar-refractivity contribution in [2.24, 2.45) is 5.84 Å². The second kappa shape index (κ2) is 7.52. The van der Waals surface area contributed by atoms with E-state index in [2.05, 4.69) is 0 Å². The highest BCUT2D eigenvalue weighted by Crippen LogP contribution is 2.25. The summed E-state index contributed by atoms with van der Waals surface area (Å²) in [5, 5.41) is 0. The van der Waals surface area contributed by atoms with E-state index in [1.54, 1.807) is 13.8 Å². The van der Waals surface area contributed by atoms with E-state index >= 15 is 0 Å². The van der Waals surface area contributed by atoms with Crippen molar-refractivity contribution in [3.05, 3.63) is 0 Å². The summed E-state index contributed by atoms with van der Waals surface area (Å²) >= 11 is 0. The number of nitrogens with zero attached hydrogens (tertiary/aromatic N) is 1. The van der Waals surface area contributed by atoms with Gasteiger partial charge in [-0.15, -0.1) is 0 Å². The third-order valence-electron chi connectivity index (χ3n) is 2.68. The van der Waals surface area contributed by atoms with Crippen molar-refractivity contribution in [2.75, 3.05) is 20.3 Å². The molecule has 102 valence electrons. The molecule has 0 unspecified atom stereocenters. The van der Waals surface area contributed by atoms with Crippen molar-refractivity contribution < 1.29 is 18.3 Å². The third kappa shape index (κ3) is 4.18. The van der Waals surface area contributed by atoms with Crippen molar-refractivity contribution in [3.8, 4) is 0 Å². The molecule has 5 nitrogen and oxygen atoms in total. The van der Waals surface area contributed by atoms with E-state index in [-0.39, 0.29) is 13.2 Å². The van der Waals surface area contributed by atoms with Crippen LogP contribution in [-0.4, -0.2) is 43.2 Å². The first kappa shape index (κ1) is 16.2. The molecule has 0 spiro atoms. The number of hydrogen-bond acceptors (Lipinski definition) is 4. The van der Waals surface area contributed by atoms with E-state index < -0.39 is 18.0 Å². The van der Waals surface area contributed by atoms with Gasteiger partial charge in [0.05, 0.1) is 6.61 Å². The number of hydrogen-bond donors (Lipinski definition) is 2. The molecule has 17 heavy (non-hydrogen) atoms. The zero-order chi connectivity index (χ0) is 13.5. The lowest BCUT2D eigenvalue weighted by atomic mass is 10.1. The summed E-state index contributed by atoms with van der Waals surface area (Å²) in [7, 11) is 1.42. The minimum absolute atomic E-state index is 0.0245. The second-order valence-corrected chi connectivity index (χ2v) is 3.67. The summed E-state index contributed by atoms with van der Waals surface area (Å²) in [6, 6.07) is -4.01. The molecule has 0 bridgehead atoms. The van der Waals surface area contributed by atoms with Gasteiger partial charge in [-0.1, -0.05) is 13.8 Å². The van der Waals surface area contributed by atoms with Gasteiger partial charge in [-0.2, -0.15) is 8.78 Å². The van der Waals surface area contributed by atoms with Crippen molar-refractivity contribution in [1.82, 2.24) is 10.3 Å². The van der Waals surface area contributed by atoms with Gasteiger partial charge < -0.3 is 4.74 Å². The Labute approximate surface area is 100 Å². The fourth-order valence-corrected chi connectivity index (χ4v) is 1.69. The maximum Gasteiger partial charge on any atom is 0.385 e. The van der Waals surface area contributed by atoms with Gasteiger partial charge in [0, 0.05) is 19.7 Å². The van der Waals surface area contributed by atoms with Crippen LogP contribution in [-0.2, 0) is 9.53 Å². The number of alkyl halides is 2. The average Bonchev–Trinajstić information content (AvgIpc) is 2.33. The number of hydrazine groups is 1. The SMILES string of the molecule is CCC(CC)N(CCOC)C(F)(F)C(=O)NN. The molecule has 0 aromatic heterocycles. The minimum atomic E-state index is -3.62. The monoisotopic (exact) mass is 253 g/mol. The Morgan fingerprint density at radius 2 is 2.00 bits per heavy atom. The Kier molecular flexibility index (Phi) is 7.17. The standard InChI is InChI=1S/C10H21F2N3O2/c1-4-8(5-2)15(6-7-17-3)10(11,12)9(16)14-13/h8H,4-7,13H2,1-3H3,(H,14,16). The smallest absolute Gasteiger partial charge is 0.383 e. The van der Waals surface area contributed by atoms with Crippen LogP contribution in [0.2, 0.25) is 0 Å². The summed E-state index contributed by atoms with van der Waals surface area (Å²) in [5.41, 5.74) is 1.49. The highest BCUT2D eigenvalue weighted by molar-refractivity contribution is 5.82. The van der Waals surface area contributed by atoms with Gasteiger partial charge in [-0.25, -0.2) is 10.7 Å². The molecule has 0 rings (SSSR count). The molecule has 0 aromatic rings. The first-order valence-electron chi connectivity index (χ1n) is 5.60. The lowest BCUT2D eigenvalue weighted by molar-refractivity contribution is -0.189. The molecule has 7 heteroatoms. The molecule has 0 heterocycles. The first-order chi connectivity index (χ1) is 7.95. The summed E-state index contributed by atoms with van der Waals surface area (Å²) in [4.78, 5) is 11.9. The normalized spacial score (nSPS) is 12.2. The number of carbonyl (C=O) groups excluding carboxylic acids is 1. The third-order valence-corrected chi connectivity index (χ3v) is 2.68. The summed E-state index contributed by atoms with van der Waals surface area (Å²) in [6.07, 6.45) is 1.04. The van der Waals surface area contributed by atoms with Crippen LogP contribution in [0.1, 0.15) is 26.7 Å². The number of ether oxygens (including phenoxy) is 1. The first-order valence-corrected chi connectivity index (χ1v) is 5.60. The van der Waals surface area contributed by atoms with Crippen LogP contribution in [0.3, 0.4) is 0 Å². The van der Waals surface area contributed by atoms with Crippen LogP contribution in [0, 0.1) is 0 Å². The zero-order valence-electron chi connectivity index (χ0n) is 10.5. The van der Waals surface area contributed by atoms with E-state index in [0.29, 0.717) is 12.8 Å². The van der Waals surface area contributed by atoms with Crippen LogP contribution in [0.25, 0.3) is 0 Å². The Bertz CT molecular complexity index is 236. The van der Waals surface area contributed by atoms with E-state index in [1.165, 1.54) is 12.5 Å². The van der Waals surface area contributed by atoms with Crippen LogP contribution in [0.4, 0.5) is 8.78 Å². The Hall–Kier alpha value is -0.790. The lowest BCUT2D eigenvalue weighted by Gasteiger charge is -2.35. The minimum Gasteiger partial charge on any atom is -0.383 e. The molecule has 0 aliphatic carbocycles. The van der Waals surface area contributed by atoms with Gasteiger partial charge in [0.1, 0.15) is 0 Å². The number of carbonyl (C=O) groups is 1. The van der Waals surface area contributed by atoms with Crippen LogP contribution < -0.4 is 11.3 Å². The maximum atomic E-state index is 13.8. The number of nitrogens with one attached hydrogen (secondary N) is 1. The summed E-state index contributed by atoms with van der Waals surface area (Å²) in [6.45, 7) is 3.70. The van der Waals surface area contributed by atoms with Gasteiger partial charge in [-0.3, -0.25) is 10.2 Å². The molecule has 1 amide bonds. The molecule has 0 aromatic carbocycles. The molecule has 0 atom stereocenters. The van der Waals surface area contributed by atoms with Crippen molar-refractivity contribution in [2.45, 2.75) is 38.8 Å². The molecule has 0 fully saturated rings. The van der Waals surface area contributed by atoms with E-state index in [9.17, 15) is 13.6 Å². The van der Waals surface area contributed by atoms with E-state index in [1.807, 2.05) is 0 Å². The van der Waals surface area contributed by atoms with Gasteiger partial charge >= 0.3 is 12.0 Å². The quantitative estimate of drug-likeness (QED) is 0.289. The highest BCUT2D eigenvalue weighted by Gasteiger charge is 2.47. The van der Waals surface area contributed by atoms with E-state index in [4.69, 9.17) is 10.6 Å². The second-order valence-electron chi connectivity index (χ2n) is 3.67. The number of methoxy groups -OCH3 is 1. The van der Waals surface area contributed by atoms with Gasteiger partial charge in [0.15, 0.2) is 0 Å². The zero-order valence-corrected chi connectivity index (χ0v) is 10.5. The Morgan fingerprint density at radius 3 is 2.35 bits per heavy atom. The maximum absolute atomic E-state index is 13.8. The molecular weight excluding hydrogens is 232 g/mol. The Morgan fingerprint density at radius 1 is 1.47 bits per heavy atom. The molecule has 0 saturated heterocycles. The largest absolute Gasteiger partial charge is 0.385 e. The highest BCUT2D eigenvalue weighted by atomic mass is 19.3. The molecule has 3 N–H and O–H groups in total. The van der Waals surface area contributed by atoms with E-state index in [0.717, 1.165) is 4.90 Å². The van der Waals surface area contributed by atoms with Crippen molar-refractivity contribution in [1.29, 1.82) is 0 Å². The molecule has 0 radical (unpaired) electrons. The number of rotatable bonds is 8. The lowest BCUT2D eigenvalue weighted by Crippen LogP contribution is -2.58. The number of amides is 1. The van der Waals surface area contributed by atoms with Crippen molar-refractivity contribution >= 4 is 5.91 Å². The van der Waals surface area contributed by atoms with Gasteiger partial charge in [0.2, 0.25) is 0 Å². The topological polar surface area (TPSA) is 67.6 Å². The fraction of sp³-hybridized carbons (Fsp3) is 0.900. The predicted octanol–water partition coefficient (Wildman–Crippen LogP) is 0.706. The van der Waals surface area contributed by atoms with Crippen LogP contribution in [0.5, 0.6) is 0 Å². The van der Waals surface area contributed by atoms with Crippen LogP contribution >= 0.6 is 0 Å². The fourth-order valence-electron chi connectivity index (χ4n) is 1.69.